The van der Waals surface area contributed by atoms with E-state index in [1.807, 2.05) is 48.5 Å². The van der Waals surface area contributed by atoms with Gasteiger partial charge in [-0.05, 0) is 48.5 Å². The second-order valence-electron chi connectivity index (χ2n) is 6.77. The van der Waals surface area contributed by atoms with Crippen LogP contribution < -0.4 is 5.73 Å². The predicted octanol–water partition coefficient (Wildman–Crippen LogP) is 2.64. The van der Waals surface area contributed by atoms with Crippen LogP contribution in [-0.4, -0.2) is 29.3 Å². The van der Waals surface area contributed by atoms with Crippen LogP contribution in [0.5, 0.6) is 0 Å². The second kappa shape index (κ2) is 6.02. The van der Waals surface area contributed by atoms with Crippen molar-refractivity contribution in [3.05, 3.63) is 0 Å². The van der Waals surface area contributed by atoms with E-state index in [-0.39, 0.29) is 17.9 Å². The Bertz CT molecular complexity index is 277. The highest BCUT2D eigenvalue weighted by molar-refractivity contribution is 5.71. The van der Waals surface area contributed by atoms with E-state index in [4.69, 9.17) is 15.2 Å². The molecule has 0 saturated carbocycles. The van der Waals surface area contributed by atoms with Crippen molar-refractivity contribution in [2.45, 2.75) is 78.0 Å². The number of esters is 1. The number of nitrogens with two attached hydrogens (primary N) is 1. The van der Waals surface area contributed by atoms with Crippen molar-refractivity contribution in [2.24, 2.45) is 5.73 Å². The molecule has 4 heteroatoms. The van der Waals surface area contributed by atoms with Crippen LogP contribution in [0.1, 0.15) is 61.3 Å². The Morgan fingerprint density at radius 3 is 1.94 bits per heavy atom. The summed E-state index contributed by atoms with van der Waals surface area (Å²) in [6.45, 7) is 13.9. The molecule has 4 nitrogen and oxygen atoms in total. The van der Waals surface area contributed by atoms with E-state index < -0.39 is 11.2 Å². The molecule has 0 amide bonds. The van der Waals surface area contributed by atoms with Crippen LogP contribution in [0.4, 0.5) is 0 Å². The van der Waals surface area contributed by atoms with Crippen molar-refractivity contribution < 1.29 is 14.3 Å². The summed E-state index contributed by atoms with van der Waals surface area (Å²) in [7, 11) is 0. The Kier molecular flexibility index (Phi) is 5.82. The number of carbonyl (C=O) groups excluding carboxylic acids is 1. The summed E-state index contributed by atoms with van der Waals surface area (Å²) >= 11 is 0. The smallest absolute Gasteiger partial charge is 0.309 e. The van der Waals surface area contributed by atoms with E-state index in [1.165, 1.54) is 0 Å². The van der Waals surface area contributed by atoms with Crippen LogP contribution in [0, 0.1) is 0 Å². The van der Waals surface area contributed by atoms with E-state index in [9.17, 15) is 4.79 Å². The molecule has 0 spiro atoms. The minimum absolute atomic E-state index is 0.245. The maximum absolute atomic E-state index is 11.9. The van der Waals surface area contributed by atoms with Crippen molar-refractivity contribution in [1.82, 2.24) is 0 Å². The highest BCUT2D eigenvalue weighted by Gasteiger charge is 2.31. The molecular weight excluding hydrogens is 230 g/mol. The van der Waals surface area contributed by atoms with Crippen molar-refractivity contribution in [2.75, 3.05) is 6.61 Å². The third kappa shape index (κ3) is 8.48. The second-order valence-corrected chi connectivity index (χ2v) is 6.77. The van der Waals surface area contributed by atoms with Crippen molar-refractivity contribution in [3.8, 4) is 0 Å². The molecule has 2 N–H and O–H groups in total. The van der Waals surface area contributed by atoms with Crippen molar-refractivity contribution in [3.63, 3.8) is 0 Å². The lowest BCUT2D eigenvalue weighted by Crippen LogP contribution is -2.43. The van der Waals surface area contributed by atoms with Crippen LogP contribution in [0.25, 0.3) is 0 Å². The number of hydrogen-bond acceptors (Lipinski definition) is 4. The van der Waals surface area contributed by atoms with Gasteiger partial charge < -0.3 is 15.2 Å². The van der Waals surface area contributed by atoms with Gasteiger partial charge in [0.15, 0.2) is 0 Å². The minimum Gasteiger partial charge on any atom is -0.459 e. The zero-order valence-electron chi connectivity index (χ0n) is 12.9. The number of hydrogen-bond donors (Lipinski definition) is 1. The fourth-order valence-corrected chi connectivity index (χ4v) is 2.27. The van der Waals surface area contributed by atoms with Crippen LogP contribution in [0.3, 0.4) is 0 Å². The molecule has 0 aromatic heterocycles. The third-order valence-electron chi connectivity index (χ3n) is 2.38. The molecule has 0 saturated heterocycles. The fourth-order valence-electron chi connectivity index (χ4n) is 2.27. The normalized spacial score (nSPS) is 13.6. The Labute approximate surface area is 111 Å². The summed E-state index contributed by atoms with van der Waals surface area (Å²) < 4.78 is 11.0. The average molecular weight is 259 g/mol. The summed E-state index contributed by atoms with van der Waals surface area (Å²) in [4.78, 5) is 11.9. The van der Waals surface area contributed by atoms with Gasteiger partial charge in [-0.2, -0.15) is 0 Å². The van der Waals surface area contributed by atoms with Gasteiger partial charge in [0.25, 0.3) is 0 Å². The van der Waals surface area contributed by atoms with Gasteiger partial charge in [-0.1, -0.05) is 0 Å². The standard InChI is InChI=1S/C14H29NO3/c1-8-17-13(4,5)9-11(16)18-14(6,7)10-12(2,3)15/h8-10,15H2,1-7H3. The molecule has 18 heavy (non-hydrogen) atoms. The van der Waals surface area contributed by atoms with Gasteiger partial charge in [0, 0.05) is 18.6 Å². The molecule has 0 aliphatic heterocycles. The summed E-state index contributed by atoms with van der Waals surface area (Å²) in [5, 5.41) is 0. The lowest BCUT2D eigenvalue weighted by Gasteiger charge is -2.33. The Balaban J connectivity index is 4.39. The van der Waals surface area contributed by atoms with Gasteiger partial charge in [-0.15, -0.1) is 0 Å². The van der Waals surface area contributed by atoms with E-state index in [1.54, 1.807) is 0 Å². The van der Waals surface area contributed by atoms with Crippen molar-refractivity contribution >= 4 is 5.97 Å². The first-order valence-electron chi connectivity index (χ1n) is 6.52. The Morgan fingerprint density at radius 1 is 1.06 bits per heavy atom. The Morgan fingerprint density at radius 2 is 1.56 bits per heavy atom. The van der Waals surface area contributed by atoms with Gasteiger partial charge in [0.05, 0.1) is 12.0 Å². The minimum atomic E-state index is -0.558. The first kappa shape index (κ1) is 17.4. The molecule has 0 rings (SSSR count). The zero-order chi connectivity index (χ0) is 14.6. The molecule has 0 unspecified atom stereocenters. The van der Waals surface area contributed by atoms with Gasteiger partial charge in [0.1, 0.15) is 5.60 Å². The molecule has 0 bridgehead atoms. The van der Waals surface area contributed by atoms with Crippen LogP contribution in [0.15, 0.2) is 0 Å². The summed E-state index contributed by atoms with van der Waals surface area (Å²) in [6.07, 6.45) is 0.857. The molecule has 108 valence electrons. The maximum Gasteiger partial charge on any atom is 0.309 e. The number of rotatable bonds is 7. The van der Waals surface area contributed by atoms with Gasteiger partial charge in [-0.3, -0.25) is 4.79 Å². The molecule has 0 aromatic carbocycles. The predicted molar refractivity (Wildman–Crippen MR) is 73.4 cm³/mol. The molecular formula is C14H29NO3. The molecule has 0 atom stereocenters. The molecule has 0 fully saturated rings. The van der Waals surface area contributed by atoms with E-state index in [0.717, 1.165) is 0 Å². The van der Waals surface area contributed by atoms with Crippen molar-refractivity contribution in [1.29, 1.82) is 0 Å². The highest BCUT2D eigenvalue weighted by Crippen LogP contribution is 2.24. The molecule has 0 radical (unpaired) electrons. The van der Waals surface area contributed by atoms with E-state index >= 15 is 0 Å². The van der Waals surface area contributed by atoms with E-state index in [0.29, 0.717) is 13.0 Å². The molecule has 0 aliphatic rings. The molecule has 0 heterocycles. The summed E-state index contributed by atoms with van der Waals surface area (Å²) in [5.41, 5.74) is 4.55. The van der Waals surface area contributed by atoms with Crippen LogP contribution >= 0.6 is 0 Å². The summed E-state index contributed by atoms with van der Waals surface area (Å²) in [6, 6.07) is 0. The van der Waals surface area contributed by atoms with Crippen LogP contribution in [0.2, 0.25) is 0 Å². The van der Waals surface area contributed by atoms with Gasteiger partial charge >= 0.3 is 5.97 Å². The fraction of sp³-hybridized carbons (Fsp3) is 0.929. The highest BCUT2D eigenvalue weighted by atomic mass is 16.6. The zero-order valence-corrected chi connectivity index (χ0v) is 12.9. The number of ether oxygens (including phenoxy) is 2. The maximum atomic E-state index is 11.9. The quantitative estimate of drug-likeness (QED) is 0.714. The number of carbonyl (C=O) groups is 1. The first-order valence-corrected chi connectivity index (χ1v) is 6.52. The lowest BCUT2D eigenvalue weighted by atomic mass is 9.90. The SMILES string of the molecule is CCOC(C)(C)CC(=O)OC(C)(C)CC(C)(C)N. The summed E-state index contributed by atoms with van der Waals surface area (Å²) in [5.74, 6) is -0.247. The van der Waals surface area contributed by atoms with Crippen LogP contribution in [-0.2, 0) is 14.3 Å². The average Bonchev–Trinajstić information content (AvgIpc) is 1.93. The Hall–Kier alpha value is -0.610. The first-order chi connectivity index (χ1) is 7.87. The van der Waals surface area contributed by atoms with E-state index in [2.05, 4.69) is 0 Å². The monoisotopic (exact) mass is 259 g/mol. The largest absolute Gasteiger partial charge is 0.459 e. The molecule has 0 aliphatic carbocycles. The molecule has 0 aromatic rings. The van der Waals surface area contributed by atoms with Gasteiger partial charge in [0.2, 0.25) is 0 Å². The topological polar surface area (TPSA) is 61.5 Å². The lowest BCUT2D eigenvalue weighted by molar-refractivity contribution is -0.164. The third-order valence-corrected chi connectivity index (χ3v) is 2.38. The van der Waals surface area contributed by atoms with Gasteiger partial charge in [-0.25, -0.2) is 0 Å².